The molecule has 24 heavy (non-hydrogen) atoms. The molecule has 2 aromatic heterocycles. The maximum atomic E-state index is 12.1. The van der Waals surface area contributed by atoms with Crippen molar-refractivity contribution in [3.05, 3.63) is 48.2 Å². The average Bonchev–Trinajstić information content (AvgIpc) is 3.14. The molecule has 7 nitrogen and oxygen atoms in total. The number of nitrogens with zero attached hydrogens (tertiary/aromatic N) is 3. The van der Waals surface area contributed by atoms with Gasteiger partial charge in [-0.1, -0.05) is 18.2 Å². The van der Waals surface area contributed by atoms with Gasteiger partial charge in [0, 0.05) is 37.1 Å². The van der Waals surface area contributed by atoms with Gasteiger partial charge in [-0.25, -0.2) is 4.98 Å². The van der Waals surface area contributed by atoms with Crippen LogP contribution in [0.25, 0.3) is 10.9 Å². The monoisotopic (exact) mass is 348 g/mol. The average molecular weight is 349 g/mol. The number of nitrogens with one attached hydrogen (secondary N) is 2. The van der Waals surface area contributed by atoms with Crippen LogP contribution in [-0.4, -0.2) is 38.2 Å². The molecule has 4 N–H and O–H groups in total. The van der Waals surface area contributed by atoms with E-state index in [1.807, 2.05) is 37.5 Å². The van der Waals surface area contributed by atoms with Crippen LogP contribution in [0.1, 0.15) is 11.4 Å². The molecule has 0 saturated heterocycles. The van der Waals surface area contributed by atoms with Gasteiger partial charge < -0.3 is 16.0 Å². The molecule has 1 aromatic carbocycles. The zero-order valence-corrected chi connectivity index (χ0v) is 14.2. The number of aryl methyl sites for hydroxylation is 1. The summed E-state index contributed by atoms with van der Waals surface area (Å²) >= 11 is 0. The minimum atomic E-state index is -0.575. The van der Waals surface area contributed by atoms with Crippen molar-refractivity contribution in [3.8, 4) is 0 Å². The summed E-state index contributed by atoms with van der Waals surface area (Å²) < 4.78 is 1.69. The van der Waals surface area contributed by atoms with E-state index < -0.39 is 6.04 Å². The number of nitrogens with two attached hydrogens (primary N) is 1. The van der Waals surface area contributed by atoms with Crippen molar-refractivity contribution >= 4 is 29.2 Å². The number of aromatic amines is 1. The van der Waals surface area contributed by atoms with Crippen molar-refractivity contribution in [2.75, 3.05) is 6.54 Å². The van der Waals surface area contributed by atoms with Gasteiger partial charge in [0.2, 0.25) is 5.91 Å². The Labute approximate surface area is 146 Å². The van der Waals surface area contributed by atoms with Crippen LogP contribution in [0.2, 0.25) is 0 Å². The summed E-state index contributed by atoms with van der Waals surface area (Å²) in [5, 5.41) is 7.95. The summed E-state index contributed by atoms with van der Waals surface area (Å²) in [6.45, 7) is 0.493. The lowest BCUT2D eigenvalue weighted by Crippen LogP contribution is -2.42. The number of halogens is 1. The Morgan fingerprint density at radius 3 is 2.96 bits per heavy atom. The number of benzene rings is 1. The quantitative estimate of drug-likeness (QED) is 0.617. The molecule has 0 aliphatic carbocycles. The normalized spacial score (nSPS) is 11.9. The Morgan fingerprint density at radius 2 is 2.21 bits per heavy atom. The SMILES string of the molecule is Cl.Cn1ncnc1CCNC(=O)[C@@H](N)Cc1c[nH]c2ccccc12. The molecule has 3 rings (SSSR count). The second-order valence-electron chi connectivity index (χ2n) is 5.51. The maximum Gasteiger partial charge on any atom is 0.237 e. The molecule has 3 aromatic rings. The summed E-state index contributed by atoms with van der Waals surface area (Å²) in [6.07, 6.45) is 4.54. The number of amides is 1. The highest BCUT2D eigenvalue weighted by molar-refractivity contribution is 5.86. The van der Waals surface area contributed by atoms with Crippen LogP contribution in [0.3, 0.4) is 0 Å². The van der Waals surface area contributed by atoms with Gasteiger partial charge in [0.05, 0.1) is 6.04 Å². The number of carbonyl (C=O) groups is 1. The lowest BCUT2D eigenvalue weighted by molar-refractivity contribution is -0.122. The number of rotatable bonds is 6. The first kappa shape index (κ1) is 18.0. The third-order valence-electron chi connectivity index (χ3n) is 3.90. The van der Waals surface area contributed by atoms with Gasteiger partial charge in [-0.3, -0.25) is 9.48 Å². The standard InChI is InChI=1S/C16H20N6O.ClH/c1-22-15(20-10-21-22)6-7-18-16(23)13(17)8-11-9-19-14-5-3-2-4-12(11)14;/h2-5,9-10,13,19H,6-8,17H2,1H3,(H,18,23);1H/t13-;/m0./s1. The molecule has 0 aliphatic heterocycles. The maximum absolute atomic E-state index is 12.1. The number of hydrogen-bond acceptors (Lipinski definition) is 4. The van der Waals surface area contributed by atoms with Gasteiger partial charge in [0.1, 0.15) is 12.2 Å². The van der Waals surface area contributed by atoms with E-state index in [9.17, 15) is 4.79 Å². The van der Waals surface area contributed by atoms with E-state index >= 15 is 0 Å². The first-order chi connectivity index (χ1) is 11.1. The van der Waals surface area contributed by atoms with Crippen molar-refractivity contribution < 1.29 is 4.79 Å². The van der Waals surface area contributed by atoms with Crippen LogP contribution in [0.5, 0.6) is 0 Å². The summed E-state index contributed by atoms with van der Waals surface area (Å²) in [7, 11) is 1.83. The highest BCUT2D eigenvalue weighted by atomic mass is 35.5. The van der Waals surface area contributed by atoms with Crippen LogP contribution < -0.4 is 11.1 Å². The second-order valence-corrected chi connectivity index (χ2v) is 5.51. The topological polar surface area (TPSA) is 102 Å². The van der Waals surface area contributed by atoms with Crippen LogP contribution in [0.15, 0.2) is 36.8 Å². The first-order valence-electron chi connectivity index (χ1n) is 7.56. The molecular formula is C16H21ClN6O. The fourth-order valence-corrected chi connectivity index (χ4v) is 2.61. The molecule has 1 atom stereocenters. The first-order valence-corrected chi connectivity index (χ1v) is 7.56. The second kappa shape index (κ2) is 7.94. The molecule has 0 unspecified atom stereocenters. The van der Waals surface area contributed by atoms with Gasteiger partial charge in [-0.05, 0) is 18.1 Å². The predicted octanol–water partition coefficient (Wildman–Crippen LogP) is 0.947. The van der Waals surface area contributed by atoms with Gasteiger partial charge in [0.25, 0.3) is 0 Å². The van der Waals surface area contributed by atoms with Gasteiger partial charge >= 0.3 is 0 Å². The number of fused-ring (bicyclic) bond motifs is 1. The molecule has 0 aliphatic rings. The Morgan fingerprint density at radius 1 is 1.42 bits per heavy atom. The Hall–Kier alpha value is -2.38. The molecular weight excluding hydrogens is 328 g/mol. The van der Waals surface area contributed by atoms with E-state index in [-0.39, 0.29) is 18.3 Å². The molecule has 0 spiro atoms. The molecule has 128 valence electrons. The third kappa shape index (κ3) is 3.93. The van der Waals surface area contributed by atoms with Gasteiger partial charge in [0.15, 0.2) is 0 Å². The van der Waals surface area contributed by atoms with Crippen LogP contribution in [0, 0.1) is 0 Å². The Bertz CT molecular complexity index is 812. The largest absolute Gasteiger partial charge is 0.361 e. The molecule has 0 fully saturated rings. The number of carbonyl (C=O) groups excluding carboxylic acids is 1. The zero-order chi connectivity index (χ0) is 16.2. The third-order valence-corrected chi connectivity index (χ3v) is 3.90. The van der Waals surface area contributed by atoms with Crippen molar-refractivity contribution in [1.29, 1.82) is 0 Å². The van der Waals surface area contributed by atoms with E-state index in [0.717, 1.165) is 22.3 Å². The molecule has 1 amide bonds. The predicted molar refractivity (Wildman–Crippen MR) is 94.9 cm³/mol. The van der Waals surface area contributed by atoms with Crippen molar-refractivity contribution in [2.24, 2.45) is 12.8 Å². The van der Waals surface area contributed by atoms with Crippen molar-refractivity contribution in [1.82, 2.24) is 25.1 Å². The van der Waals surface area contributed by atoms with E-state index in [4.69, 9.17) is 5.73 Å². The van der Waals surface area contributed by atoms with Gasteiger partial charge in [-0.15, -0.1) is 12.4 Å². The lowest BCUT2D eigenvalue weighted by Gasteiger charge is -2.11. The summed E-state index contributed by atoms with van der Waals surface area (Å²) in [5.74, 6) is 0.674. The highest BCUT2D eigenvalue weighted by Crippen LogP contribution is 2.18. The minimum Gasteiger partial charge on any atom is -0.361 e. The zero-order valence-electron chi connectivity index (χ0n) is 13.4. The number of hydrogen-bond donors (Lipinski definition) is 3. The summed E-state index contributed by atoms with van der Waals surface area (Å²) in [5.41, 5.74) is 8.14. The molecule has 0 bridgehead atoms. The molecule has 0 saturated carbocycles. The molecule has 8 heteroatoms. The molecule has 2 heterocycles. The Kier molecular flexibility index (Phi) is 5.94. The number of H-pyrrole nitrogens is 1. The van der Waals surface area contributed by atoms with Crippen LogP contribution in [0.4, 0.5) is 0 Å². The number of para-hydroxylation sites is 1. The van der Waals surface area contributed by atoms with Crippen molar-refractivity contribution in [2.45, 2.75) is 18.9 Å². The van der Waals surface area contributed by atoms with E-state index in [0.29, 0.717) is 19.4 Å². The lowest BCUT2D eigenvalue weighted by atomic mass is 10.1. The van der Waals surface area contributed by atoms with E-state index in [1.54, 1.807) is 4.68 Å². The van der Waals surface area contributed by atoms with Crippen LogP contribution >= 0.6 is 12.4 Å². The fourth-order valence-electron chi connectivity index (χ4n) is 2.61. The summed E-state index contributed by atoms with van der Waals surface area (Å²) in [4.78, 5) is 19.4. The Balaban J connectivity index is 0.00000208. The van der Waals surface area contributed by atoms with Crippen molar-refractivity contribution in [3.63, 3.8) is 0 Å². The fraction of sp³-hybridized carbons (Fsp3) is 0.312. The molecule has 0 radical (unpaired) electrons. The van der Waals surface area contributed by atoms with Crippen LogP contribution in [-0.2, 0) is 24.7 Å². The summed E-state index contributed by atoms with van der Waals surface area (Å²) in [6, 6.07) is 7.41. The van der Waals surface area contributed by atoms with Gasteiger partial charge in [-0.2, -0.15) is 5.10 Å². The smallest absolute Gasteiger partial charge is 0.237 e. The van der Waals surface area contributed by atoms with E-state index in [1.165, 1.54) is 6.33 Å². The highest BCUT2D eigenvalue weighted by Gasteiger charge is 2.16. The van der Waals surface area contributed by atoms with E-state index in [2.05, 4.69) is 20.4 Å². The minimum absolute atomic E-state index is 0. The number of aromatic nitrogens is 4.